The summed E-state index contributed by atoms with van der Waals surface area (Å²) in [6.45, 7) is 1.31. The van der Waals surface area contributed by atoms with Gasteiger partial charge < -0.3 is 14.6 Å². The first-order chi connectivity index (χ1) is 14.1. The lowest BCUT2D eigenvalue weighted by Crippen LogP contribution is -2.21. The van der Waals surface area contributed by atoms with Crippen LogP contribution in [0.3, 0.4) is 0 Å². The summed E-state index contributed by atoms with van der Waals surface area (Å²) in [5, 5.41) is 16.0. The van der Waals surface area contributed by atoms with Crippen molar-refractivity contribution in [2.24, 2.45) is 0 Å². The number of esters is 1. The third-order valence-electron chi connectivity index (χ3n) is 3.68. The van der Waals surface area contributed by atoms with Gasteiger partial charge in [-0.2, -0.15) is 5.26 Å². The molecule has 3 aromatic rings. The molecule has 1 amide bonds. The summed E-state index contributed by atoms with van der Waals surface area (Å²) < 4.78 is 10.1. The molecule has 3 rings (SSSR count). The second-order valence-corrected chi connectivity index (χ2v) is 6.82. The van der Waals surface area contributed by atoms with Crippen molar-refractivity contribution in [1.82, 2.24) is 10.1 Å². The highest BCUT2D eigenvalue weighted by Gasteiger charge is 2.17. The number of para-hydroxylation sites is 1. The van der Waals surface area contributed by atoms with Crippen molar-refractivity contribution in [2.45, 2.75) is 17.7 Å². The van der Waals surface area contributed by atoms with Crippen LogP contribution in [0.15, 0.2) is 58.2 Å². The number of nitrogens with zero attached hydrogens (tertiary/aromatic N) is 3. The van der Waals surface area contributed by atoms with Crippen molar-refractivity contribution in [1.29, 1.82) is 5.26 Å². The highest BCUT2D eigenvalue weighted by molar-refractivity contribution is 7.98. The summed E-state index contributed by atoms with van der Waals surface area (Å²) in [5.74, 6) is -0.0387. The van der Waals surface area contributed by atoms with Crippen LogP contribution in [-0.4, -0.2) is 28.6 Å². The molecule has 1 N–H and O–H groups in total. The van der Waals surface area contributed by atoms with Gasteiger partial charge in [-0.3, -0.25) is 4.79 Å². The summed E-state index contributed by atoms with van der Waals surface area (Å²) in [6, 6.07) is 13.5. The molecular weight excluding hydrogens is 392 g/mol. The lowest BCUT2D eigenvalue weighted by molar-refractivity contribution is -0.119. The van der Waals surface area contributed by atoms with E-state index in [4.69, 9.17) is 14.5 Å². The number of ether oxygens (including phenoxy) is 1. The molecule has 0 aliphatic carbocycles. The number of pyridine rings is 1. The van der Waals surface area contributed by atoms with E-state index < -0.39 is 18.5 Å². The molecule has 146 valence electrons. The van der Waals surface area contributed by atoms with Gasteiger partial charge in [-0.05, 0) is 31.2 Å². The Bertz CT molecular complexity index is 1070. The molecule has 0 aliphatic heterocycles. The lowest BCUT2D eigenvalue weighted by atomic mass is 10.2. The van der Waals surface area contributed by atoms with Crippen LogP contribution in [0, 0.1) is 18.3 Å². The molecule has 0 fully saturated rings. The Balaban J connectivity index is 1.59. The fraction of sp³-hybridized carbons (Fsp3) is 0.150. The van der Waals surface area contributed by atoms with E-state index in [0.717, 1.165) is 5.69 Å². The van der Waals surface area contributed by atoms with Gasteiger partial charge in [-0.1, -0.05) is 29.1 Å². The number of nitrogens with one attached hydrogen (secondary N) is 1. The number of amides is 1. The topological polar surface area (TPSA) is 118 Å². The van der Waals surface area contributed by atoms with Crippen molar-refractivity contribution >= 4 is 29.3 Å². The number of aromatic nitrogens is 2. The number of rotatable bonds is 7. The molecule has 0 atom stereocenters. The monoisotopic (exact) mass is 408 g/mol. The third kappa shape index (κ3) is 5.43. The lowest BCUT2D eigenvalue weighted by Gasteiger charge is -2.09. The number of carbonyl (C=O) groups is 2. The zero-order valence-electron chi connectivity index (χ0n) is 15.4. The van der Waals surface area contributed by atoms with Gasteiger partial charge in [-0.15, -0.1) is 0 Å². The Morgan fingerprint density at radius 1 is 1.28 bits per heavy atom. The average molecular weight is 408 g/mol. The first-order valence-corrected chi connectivity index (χ1v) is 9.51. The van der Waals surface area contributed by atoms with Crippen LogP contribution in [-0.2, 0) is 15.3 Å². The number of hydrogen-bond donors (Lipinski definition) is 1. The molecule has 1 aromatic carbocycles. The molecule has 0 saturated carbocycles. The Morgan fingerprint density at radius 2 is 2.10 bits per heavy atom. The van der Waals surface area contributed by atoms with Crippen molar-refractivity contribution < 1.29 is 18.8 Å². The number of benzene rings is 1. The van der Waals surface area contributed by atoms with Crippen molar-refractivity contribution in [2.75, 3.05) is 11.9 Å². The van der Waals surface area contributed by atoms with Crippen molar-refractivity contribution in [3.63, 3.8) is 0 Å². The number of hydrogen-bond acceptors (Lipinski definition) is 8. The smallest absolute Gasteiger partial charge is 0.341 e. The molecule has 0 unspecified atom stereocenters. The molecule has 9 heteroatoms. The number of anilines is 1. The standard InChI is InChI=1S/C20H16N4O4S/c1-13-9-15(24-28-13)12-29-19-16(6-4-8-22-19)20(26)27-11-18(25)23-17-7-3-2-5-14(17)10-21/h2-9H,11-12H2,1H3,(H,23,25). The first kappa shape index (κ1) is 20.1. The van der Waals surface area contributed by atoms with Crippen LogP contribution < -0.4 is 5.32 Å². The minimum atomic E-state index is -0.666. The fourth-order valence-corrected chi connectivity index (χ4v) is 3.24. The molecule has 29 heavy (non-hydrogen) atoms. The molecule has 0 bridgehead atoms. The Kier molecular flexibility index (Phi) is 6.60. The van der Waals surface area contributed by atoms with E-state index in [2.05, 4.69) is 15.5 Å². The largest absolute Gasteiger partial charge is 0.452 e. The number of carbonyl (C=O) groups excluding carboxylic acids is 2. The van der Waals surface area contributed by atoms with E-state index >= 15 is 0 Å². The summed E-state index contributed by atoms with van der Waals surface area (Å²) in [7, 11) is 0. The van der Waals surface area contributed by atoms with E-state index in [1.54, 1.807) is 55.6 Å². The summed E-state index contributed by atoms with van der Waals surface area (Å²) in [5.41, 5.74) is 1.66. The Morgan fingerprint density at radius 3 is 2.86 bits per heavy atom. The Hall–Kier alpha value is -3.64. The van der Waals surface area contributed by atoms with Crippen LogP contribution in [0.25, 0.3) is 0 Å². The highest BCUT2D eigenvalue weighted by Crippen LogP contribution is 2.24. The number of nitriles is 1. The Labute approximate surface area is 170 Å². The fourth-order valence-electron chi connectivity index (χ4n) is 2.37. The summed E-state index contributed by atoms with van der Waals surface area (Å²) in [4.78, 5) is 28.7. The minimum Gasteiger partial charge on any atom is -0.452 e. The van der Waals surface area contributed by atoms with Crippen LogP contribution >= 0.6 is 11.8 Å². The molecular formula is C20H16N4O4S. The first-order valence-electron chi connectivity index (χ1n) is 8.53. The summed E-state index contributed by atoms with van der Waals surface area (Å²) >= 11 is 1.31. The van der Waals surface area contributed by atoms with Gasteiger partial charge in [0.1, 0.15) is 16.9 Å². The predicted octanol–water partition coefficient (Wildman–Crippen LogP) is 3.34. The maximum atomic E-state index is 12.4. The molecule has 0 aliphatic rings. The normalized spacial score (nSPS) is 10.2. The molecule has 2 aromatic heterocycles. The summed E-state index contributed by atoms with van der Waals surface area (Å²) in [6.07, 6.45) is 1.57. The van der Waals surface area contributed by atoms with E-state index in [1.807, 2.05) is 6.07 Å². The maximum Gasteiger partial charge on any atom is 0.341 e. The molecule has 8 nitrogen and oxygen atoms in total. The van der Waals surface area contributed by atoms with Gasteiger partial charge in [0.05, 0.1) is 22.5 Å². The van der Waals surface area contributed by atoms with Crippen LogP contribution in [0.4, 0.5) is 5.69 Å². The quantitative estimate of drug-likeness (QED) is 0.467. The van der Waals surface area contributed by atoms with Gasteiger partial charge in [-0.25, -0.2) is 9.78 Å². The van der Waals surface area contributed by atoms with Crippen molar-refractivity contribution in [3.8, 4) is 6.07 Å². The highest BCUT2D eigenvalue weighted by atomic mass is 32.2. The molecule has 0 saturated heterocycles. The van der Waals surface area contributed by atoms with E-state index in [0.29, 0.717) is 27.8 Å². The van der Waals surface area contributed by atoms with Gasteiger partial charge in [0, 0.05) is 18.0 Å². The molecule has 0 spiro atoms. The molecule has 2 heterocycles. The zero-order valence-corrected chi connectivity index (χ0v) is 16.2. The van der Waals surface area contributed by atoms with Crippen LogP contribution in [0.1, 0.15) is 27.4 Å². The van der Waals surface area contributed by atoms with Gasteiger partial charge in [0.15, 0.2) is 6.61 Å². The zero-order chi connectivity index (χ0) is 20.6. The van der Waals surface area contributed by atoms with Crippen LogP contribution in [0.2, 0.25) is 0 Å². The van der Waals surface area contributed by atoms with Gasteiger partial charge in [0.25, 0.3) is 5.91 Å². The second kappa shape index (κ2) is 9.52. The second-order valence-electron chi connectivity index (χ2n) is 5.86. The minimum absolute atomic E-state index is 0.253. The maximum absolute atomic E-state index is 12.4. The third-order valence-corrected chi connectivity index (χ3v) is 4.72. The van der Waals surface area contributed by atoms with Crippen molar-refractivity contribution in [3.05, 3.63) is 71.2 Å². The SMILES string of the molecule is Cc1cc(CSc2ncccc2C(=O)OCC(=O)Nc2ccccc2C#N)no1. The van der Waals surface area contributed by atoms with Gasteiger partial charge >= 0.3 is 5.97 Å². The van der Waals surface area contributed by atoms with E-state index in [1.165, 1.54) is 11.8 Å². The van der Waals surface area contributed by atoms with E-state index in [9.17, 15) is 9.59 Å². The number of aryl methyl sites for hydroxylation is 1. The average Bonchev–Trinajstić information content (AvgIpc) is 3.16. The predicted molar refractivity (Wildman–Crippen MR) is 105 cm³/mol. The molecule has 0 radical (unpaired) electrons. The van der Waals surface area contributed by atoms with E-state index in [-0.39, 0.29) is 5.56 Å². The van der Waals surface area contributed by atoms with Gasteiger partial charge in [0.2, 0.25) is 0 Å². The number of thioether (sulfide) groups is 1. The van der Waals surface area contributed by atoms with Crippen LogP contribution in [0.5, 0.6) is 0 Å².